The number of carbonyl (C=O) groups is 1. The minimum atomic E-state index is -0.440. The van der Waals surface area contributed by atoms with E-state index in [1.807, 2.05) is 18.2 Å². The quantitative estimate of drug-likeness (QED) is 0.425. The van der Waals surface area contributed by atoms with Gasteiger partial charge < -0.3 is 28.8 Å². The Morgan fingerprint density at radius 2 is 1.46 bits per heavy atom. The summed E-state index contributed by atoms with van der Waals surface area (Å²) in [7, 11) is 7.83. The maximum atomic E-state index is 13.6. The third kappa shape index (κ3) is 4.26. The number of para-hydroxylation sites is 1. The maximum absolute atomic E-state index is 13.6. The SMILES string of the molecule is COc1ccc(-c2c(NC(=O)c3cc(OC)c(OC)c(OC)c3)n(C)c3ccccc3c2=O)cc1. The van der Waals surface area contributed by atoms with Crippen molar-refractivity contribution >= 4 is 22.6 Å². The molecule has 0 aliphatic carbocycles. The maximum Gasteiger partial charge on any atom is 0.257 e. The molecule has 180 valence electrons. The van der Waals surface area contributed by atoms with Crippen LogP contribution in [0.3, 0.4) is 0 Å². The van der Waals surface area contributed by atoms with E-state index in [4.69, 9.17) is 18.9 Å². The predicted molar refractivity (Wildman–Crippen MR) is 135 cm³/mol. The van der Waals surface area contributed by atoms with Crippen LogP contribution in [0.2, 0.25) is 0 Å². The molecule has 1 N–H and O–H groups in total. The molecule has 0 atom stereocenters. The summed E-state index contributed by atoms with van der Waals surface area (Å²) in [6.07, 6.45) is 0. The van der Waals surface area contributed by atoms with Gasteiger partial charge in [0.2, 0.25) is 5.75 Å². The van der Waals surface area contributed by atoms with Gasteiger partial charge in [-0.15, -0.1) is 0 Å². The van der Waals surface area contributed by atoms with Crippen molar-refractivity contribution in [3.63, 3.8) is 0 Å². The van der Waals surface area contributed by atoms with Crippen molar-refractivity contribution in [2.24, 2.45) is 7.05 Å². The molecule has 8 heteroatoms. The van der Waals surface area contributed by atoms with E-state index >= 15 is 0 Å². The first-order chi connectivity index (χ1) is 16.9. The summed E-state index contributed by atoms with van der Waals surface area (Å²) in [4.78, 5) is 27.0. The summed E-state index contributed by atoms with van der Waals surface area (Å²) < 4.78 is 23.2. The van der Waals surface area contributed by atoms with Crippen LogP contribution in [0.5, 0.6) is 23.0 Å². The standard InChI is InChI=1S/C27H26N2O6/c1-29-20-9-7-6-8-19(20)24(30)23(16-10-12-18(32-2)13-11-16)26(29)28-27(31)17-14-21(33-3)25(35-5)22(15-17)34-4/h6-15H,1-5H3,(H,28,31). The lowest BCUT2D eigenvalue weighted by Crippen LogP contribution is -2.21. The second-order valence-corrected chi connectivity index (χ2v) is 7.73. The highest BCUT2D eigenvalue weighted by Gasteiger charge is 2.22. The number of nitrogens with one attached hydrogen (secondary N) is 1. The lowest BCUT2D eigenvalue weighted by Gasteiger charge is -2.19. The largest absolute Gasteiger partial charge is 0.497 e. The summed E-state index contributed by atoms with van der Waals surface area (Å²) in [5.74, 6) is 1.65. The van der Waals surface area contributed by atoms with Crippen LogP contribution in [0.1, 0.15) is 10.4 Å². The van der Waals surface area contributed by atoms with Gasteiger partial charge in [-0.1, -0.05) is 24.3 Å². The molecule has 0 aliphatic heterocycles. The van der Waals surface area contributed by atoms with Gasteiger partial charge in [-0.2, -0.15) is 0 Å². The Labute approximate surface area is 202 Å². The number of methoxy groups -OCH3 is 4. The highest BCUT2D eigenvalue weighted by Crippen LogP contribution is 2.38. The fraction of sp³-hybridized carbons (Fsp3) is 0.185. The first kappa shape index (κ1) is 23.7. The molecule has 35 heavy (non-hydrogen) atoms. The summed E-state index contributed by atoms with van der Waals surface area (Å²) in [5.41, 5.74) is 1.80. The Hall–Kier alpha value is -4.46. The minimum Gasteiger partial charge on any atom is -0.497 e. The number of anilines is 1. The lowest BCUT2D eigenvalue weighted by atomic mass is 10.0. The molecule has 1 amide bonds. The number of pyridine rings is 1. The second-order valence-electron chi connectivity index (χ2n) is 7.73. The Balaban J connectivity index is 1.90. The van der Waals surface area contributed by atoms with E-state index in [1.54, 1.807) is 61.2 Å². The van der Waals surface area contributed by atoms with E-state index in [2.05, 4.69) is 5.32 Å². The van der Waals surface area contributed by atoms with Crippen molar-refractivity contribution < 1.29 is 23.7 Å². The van der Waals surface area contributed by atoms with E-state index in [0.717, 1.165) is 0 Å². The number of nitrogens with zero attached hydrogens (tertiary/aromatic N) is 1. The molecule has 0 saturated heterocycles. The number of amides is 1. The molecule has 0 fully saturated rings. The van der Waals surface area contributed by atoms with E-state index in [9.17, 15) is 9.59 Å². The van der Waals surface area contributed by atoms with Crippen LogP contribution in [-0.2, 0) is 7.05 Å². The van der Waals surface area contributed by atoms with Crippen LogP contribution in [0.15, 0.2) is 65.5 Å². The molecule has 4 rings (SSSR count). The van der Waals surface area contributed by atoms with Crippen LogP contribution in [0.4, 0.5) is 5.82 Å². The number of carbonyl (C=O) groups excluding carboxylic acids is 1. The molecule has 1 aromatic heterocycles. The van der Waals surface area contributed by atoms with Gasteiger partial charge in [0.25, 0.3) is 5.91 Å². The van der Waals surface area contributed by atoms with E-state index in [0.29, 0.717) is 50.8 Å². The topological polar surface area (TPSA) is 88.0 Å². The highest BCUT2D eigenvalue weighted by molar-refractivity contribution is 6.07. The monoisotopic (exact) mass is 474 g/mol. The van der Waals surface area contributed by atoms with Crippen LogP contribution >= 0.6 is 0 Å². The summed E-state index contributed by atoms with van der Waals surface area (Å²) >= 11 is 0. The summed E-state index contributed by atoms with van der Waals surface area (Å²) in [6.45, 7) is 0. The normalized spacial score (nSPS) is 10.7. The van der Waals surface area contributed by atoms with Crippen molar-refractivity contribution in [3.8, 4) is 34.1 Å². The molecular formula is C27H26N2O6. The zero-order chi connectivity index (χ0) is 25.1. The number of benzene rings is 3. The van der Waals surface area contributed by atoms with Crippen LogP contribution in [0.25, 0.3) is 22.0 Å². The minimum absolute atomic E-state index is 0.191. The second kappa shape index (κ2) is 9.80. The van der Waals surface area contributed by atoms with Crippen LogP contribution in [-0.4, -0.2) is 38.9 Å². The fourth-order valence-corrected chi connectivity index (χ4v) is 4.05. The molecule has 4 aromatic rings. The van der Waals surface area contributed by atoms with Crippen LogP contribution in [0, 0.1) is 0 Å². The summed E-state index contributed by atoms with van der Waals surface area (Å²) in [6, 6.07) is 17.5. The van der Waals surface area contributed by atoms with Crippen molar-refractivity contribution in [2.75, 3.05) is 33.8 Å². The molecule has 8 nitrogen and oxygen atoms in total. The van der Waals surface area contributed by atoms with Crippen LogP contribution < -0.4 is 29.7 Å². The Morgan fingerprint density at radius 1 is 0.829 bits per heavy atom. The van der Waals surface area contributed by atoms with Crippen molar-refractivity contribution in [1.82, 2.24) is 4.57 Å². The first-order valence-corrected chi connectivity index (χ1v) is 10.8. The number of aryl methyl sites for hydroxylation is 1. The third-order valence-electron chi connectivity index (χ3n) is 5.85. The average molecular weight is 475 g/mol. The fourth-order valence-electron chi connectivity index (χ4n) is 4.05. The molecule has 3 aromatic carbocycles. The molecule has 0 aliphatic rings. The van der Waals surface area contributed by atoms with Crippen molar-refractivity contribution in [3.05, 3.63) is 76.5 Å². The van der Waals surface area contributed by atoms with Gasteiger partial charge in [0.15, 0.2) is 16.9 Å². The number of hydrogen-bond acceptors (Lipinski definition) is 6. The van der Waals surface area contributed by atoms with Gasteiger partial charge >= 0.3 is 0 Å². The Kier molecular flexibility index (Phi) is 6.64. The van der Waals surface area contributed by atoms with E-state index in [-0.39, 0.29) is 11.0 Å². The molecule has 0 spiro atoms. The highest BCUT2D eigenvalue weighted by atomic mass is 16.5. The molecule has 0 bridgehead atoms. The van der Waals surface area contributed by atoms with Gasteiger partial charge in [0.05, 0.1) is 39.5 Å². The number of fused-ring (bicyclic) bond motifs is 1. The summed E-state index contributed by atoms with van der Waals surface area (Å²) in [5, 5.41) is 3.48. The van der Waals surface area contributed by atoms with Gasteiger partial charge in [-0.3, -0.25) is 9.59 Å². The lowest BCUT2D eigenvalue weighted by molar-refractivity contribution is 0.102. The Morgan fingerprint density at radius 3 is 2.03 bits per heavy atom. The molecule has 1 heterocycles. The number of hydrogen-bond donors (Lipinski definition) is 1. The van der Waals surface area contributed by atoms with Gasteiger partial charge in [-0.05, 0) is 42.0 Å². The molecule has 0 unspecified atom stereocenters. The average Bonchev–Trinajstić information content (AvgIpc) is 2.90. The third-order valence-corrected chi connectivity index (χ3v) is 5.85. The van der Waals surface area contributed by atoms with E-state index in [1.165, 1.54) is 21.3 Å². The molecule has 0 radical (unpaired) electrons. The zero-order valence-corrected chi connectivity index (χ0v) is 20.2. The smallest absolute Gasteiger partial charge is 0.257 e. The van der Waals surface area contributed by atoms with Gasteiger partial charge in [-0.25, -0.2) is 0 Å². The first-order valence-electron chi connectivity index (χ1n) is 10.8. The number of rotatable bonds is 7. The van der Waals surface area contributed by atoms with E-state index < -0.39 is 5.91 Å². The van der Waals surface area contributed by atoms with Crippen molar-refractivity contribution in [2.45, 2.75) is 0 Å². The van der Waals surface area contributed by atoms with Crippen molar-refractivity contribution in [1.29, 1.82) is 0 Å². The number of aromatic nitrogens is 1. The van der Waals surface area contributed by atoms with Gasteiger partial charge in [0, 0.05) is 18.0 Å². The zero-order valence-electron chi connectivity index (χ0n) is 20.2. The predicted octanol–water partition coefficient (Wildman–Crippen LogP) is 4.49. The number of ether oxygens (including phenoxy) is 4. The molecule has 0 saturated carbocycles. The van der Waals surface area contributed by atoms with Gasteiger partial charge in [0.1, 0.15) is 11.6 Å². The molecular weight excluding hydrogens is 448 g/mol. The Bertz CT molecular complexity index is 1430.